The van der Waals surface area contributed by atoms with Crippen LogP contribution in [0.1, 0.15) is 33.3 Å². The number of carbonyl (C=O) groups is 1. The minimum atomic E-state index is -3.63. The Kier molecular flexibility index (Phi) is 6.48. The van der Waals surface area contributed by atoms with Crippen molar-refractivity contribution >= 4 is 33.2 Å². The summed E-state index contributed by atoms with van der Waals surface area (Å²) in [7, 11) is -3.63. The molecule has 0 aliphatic heterocycles. The lowest BCUT2D eigenvalue weighted by Crippen LogP contribution is -2.50. The molecule has 0 aliphatic carbocycles. The average Bonchev–Trinajstić information content (AvgIpc) is 2.41. The number of halogens is 1. The topological polar surface area (TPSA) is 66.5 Å². The first kappa shape index (κ1) is 19.8. The van der Waals surface area contributed by atoms with Crippen LogP contribution in [0.15, 0.2) is 18.2 Å². The number of carbonyl (C=O) groups excluding carboxylic acids is 1. The van der Waals surface area contributed by atoms with Gasteiger partial charge in [0.1, 0.15) is 6.04 Å². The zero-order valence-electron chi connectivity index (χ0n) is 14.4. The van der Waals surface area contributed by atoms with Gasteiger partial charge in [0.05, 0.1) is 11.9 Å². The fourth-order valence-electron chi connectivity index (χ4n) is 2.04. The van der Waals surface area contributed by atoms with E-state index in [1.807, 2.05) is 27.7 Å². The molecule has 1 aromatic carbocycles. The van der Waals surface area contributed by atoms with E-state index in [0.29, 0.717) is 10.7 Å². The molecule has 5 nitrogen and oxygen atoms in total. The van der Waals surface area contributed by atoms with Gasteiger partial charge in [0.25, 0.3) is 0 Å². The van der Waals surface area contributed by atoms with Crippen LogP contribution in [0, 0.1) is 12.8 Å². The summed E-state index contributed by atoms with van der Waals surface area (Å²) >= 11 is 6.10. The van der Waals surface area contributed by atoms with Crippen molar-refractivity contribution in [1.82, 2.24) is 5.32 Å². The lowest BCUT2D eigenvalue weighted by atomic mass is 10.1. The molecule has 1 N–H and O–H groups in total. The summed E-state index contributed by atoms with van der Waals surface area (Å²) in [6.45, 7) is 9.27. The van der Waals surface area contributed by atoms with Crippen molar-refractivity contribution in [2.24, 2.45) is 5.92 Å². The fourth-order valence-corrected chi connectivity index (χ4v) is 3.38. The molecule has 2 atom stereocenters. The maximum absolute atomic E-state index is 12.4. The Labute approximate surface area is 144 Å². The molecule has 1 aromatic rings. The molecule has 2 unspecified atom stereocenters. The Bertz CT molecular complexity index is 674. The third-order valence-corrected chi connectivity index (χ3v) is 5.52. The normalized spacial score (nSPS) is 14.4. The maximum atomic E-state index is 12.4. The number of sulfonamides is 1. The number of nitrogens with zero attached hydrogens (tertiary/aromatic N) is 1. The van der Waals surface area contributed by atoms with Gasteiger partial charge in [0.2, 0.25) is 15.9 Å². The quantitative estimate of drug-likeness (QED) is 0.848. The number of nitrogens with one attached hydrogen (secondary N) is 1. The van der Waals surface area contributed by atoms with Crippen molar-refractivity contribution in [3.63, 3.8) is 0 Å². The highest BCUT2D eigenvalue weighted by atomic mass is 35.5. The largest absolute Gasteiger partial charge is 0.352 e. The van der Waals surface area contributed by atoms with Crippen molar-refractivity contribution in [2.45, 2.75) is 46.7 Å². The minimum Gasteiger partial charge on any atom is -0.352 e. The lowest BCUT2D eigenvalue weighted by Gasteiger charge is -2.30. The summed E-state index contributed by atoms with van der Waals surface area (Å²) in [5.41, 5.74) is 1.22. The number of anilines is 1. The molecule has 130 valence electrons. The zero-order chi connectivity index (χ0) is 17.9. The molecule has 0 radical (unpaired) electrons. The van der Waals surface area contributed by atoms with E-state index >= 15 is 0 Å². The number of hydrogen-bond acceptors (Lipinski definition) is 3. The molecular formula is C16H25ClN2O3S. The number of rotatable bonds is 6. The van der Waals surface area contributed by atoms with Gasteiger partial charge in [-0.15, -0.1) is 0 Å². The molecule has 0 aliphatic rings. The molecule has 0 fully saturated rings. The van der Waals surface area contributed by atoms with Gasteiger partial charge in [-0.3, -0.25) is 9.10 Å². The van der Waals surface area contributed by atoms with Gasteiger partial charge >= 0.3 is 0 Å². The third-order valence-electron chi connectivity index (χ3n) is 3.87. The fraction of sp³-hybridized carbons (Fsp3) is 0.562. The predicted molar refractivity (Wildman–Crippen MR) is 95.4 cm³/mol. The van der Waals surface area contributed by atoms with Gasteiger partial charge in [0, 0.05) is 11.1 Å². The molecule has 0 saturated carbocycles. The van der Waals surface area contributed by atoms with Gasteiger partial charge in [-0.1, -0.05) is 31.5 Å². The zero-order valence-corrected chi connectivity index (χ0v) is 16.0. The highest BCUT2D eigenvalue weighted by molar-refractivity contribution is 7.92. The summed E-state index contributed by atoms with van der Waals surface area (Å²) in [5, 5.41) is 3.31. The van der Waals surface area contributed by atoms with E-state index in [4.69, 9.17) is 11.6 Å². The minimum absolute atomic E-state index is 0.0482. The predicted octanol–water partition coefficient (Wildman–Crippen LogP) is 2.96. The van der Waals surface area contributed by atoms with Crippen molar-refractivity contribution in [3.05, 3.63) is 28.8 Å². The average molecular weight is 361 g/mol. The van der Waals surface area contributed by atoms with Crippen LogP contribution in [0.25, 0.3) is 0 Å². The molecule has 1 rings (SSSR count). The molecule has 0 spiro atoms. The van der Waals surface area contributed by atoms with E-state index in [0.717, 1.165) is 16.1 Å². The summed E-state index contributed by atoms with van der Waals surface area (Å²) < 4.78 is 25.5. The Hall–Kier alpha value is -1.27. The SMILES string of the molecule is Cc1ccc(N(C(C)C(=O)NC(C)C(C)C)S(C)(=O)=O)cc1Cl. The molecule has 1 amide bonds. The first-order chi connectivity index (χ1) is 10.4. The van der Waals surface area contributed by atoms with Gasteiger partial charge in [-0.25, -0.2) is 8.42 Å². The number of hydrogen-bond donors (Lipinski definition) is 1. The molecule has 0 bridgehead atoms. The van der Waals surface area contributed by atoms with Gasteiger partial charge < -0.3 is 5.32 Å². The summed E-state index contributed by atoms with van der Waals surface area (Å²) in [5.74, 6) is -0.0834. The van der Waals surface area contributed by atoms with Crippen LogP contribution in [0.2, 0.25) is 5.02 Å². The number of amides is 1. The van der Waals surface area contributed by atoms with E-state index in [1.165, 1.54) is 0 Å². The van der Waals surface area contributed by atoms with E-state index < -0.39 is 16.1 Å². The van der Waals surface area contributed by atoms with Gasteiger partial charge in [-0.05, 0) is 44.4 Å². The Morgan fingerprint density at radius 3 is 2.22 bits per heavy atom. The van der Waals surface area contributed by atoms with Crippen LogP contribution >= 0.6 is 11.6 Å². The molecular weight excluding hydrogens is 336 g/mol. The highest BCUT2D eigenvalue weighted by Crippen LogP contribution is 2.26. The highest BCUT2D eigenvalue weighted by Gasteiger charge is 2.30. The second kappa shape index (κ2) is 7.53. The van der Waals surface area contributed by atoms with Crippen LogP contribution in [0.3, 0.4) is 0 Å². The monoisotopic (exact) mass is 360 g/mol. The summed E-state index contributed by atoms with van der Waals surface area (Å²) in [4.78, 5) is 12.4. The van der Waals surface area contributed by atoms with Gasteiger partial charge in [-0.2, -0.15) is 0 Å². The summed E-state index contributed by atoms with van der Waals surface area (Å²) in [6.07, 6.45) is 1.08. The molecule has 23 heavy (non-hydrogen) atoms. The number of benzene rings is 1. The van der Waals surface area contributed by atoms with E-state index in [-0.39, 0.29) is 17.9 Å². The van der Waals surface area contributed by atoms with Crippen LogP contribution in [-0.2, 0) is 14.8 Å². The Balaban J connectivity index is 3.17. The molecule has 0 aromatic heterocycles. The van der Waals surface area contributed by atoms with Crippen molar-refractivity contribution < 1.29 is 13.2 Å². The molecule has 7 heteroatoms. The first-order valence-corrected chi connectivity index (χ1v) is 9.73. The molecule has 0 saturated heterocycles. The lowest BCUT2D eigenvalue weighted by molar-refractivity contribution is -0.122. The van der Waals surface area contributed by atoms with Crippen molar-refractivity contribution in [2.75, 3.05) is 10.6 Å². The third kappa shape index (κ3) is 5.11. The van der Waals surface area contributed by atoms with Gasteiger partial charge in [0.15, 0.2) is 0 Å². The second-order valence-electron chi connectivity index (χ2n) is 6.21. The second-order valence-corrected chi connectivity index (χ2v) is 8.48. The van der Waals surface area contributed by atoms with Crippen molar-refractivity contribution in [3.8, 4) is 0 Å². The van der Waals surface area contributed by atoms with Crippen LogP contribution in [0.5, 0.6) is 0 Å². The maximum Gasteiger partial charge on any atom is 0.243 e. The van der Waals surface area contributed by atoms with Crippen LogP contribution < -0.4 is 9.62 Å². The smallest absolute Gasteiger partial charge is 0.243 e. The van der Waals surface area contributed by atoms with E-state index in [9.17, 15) is 13.2 Å². The summed E-state index contributed by atoms with van der Waals surface area (Å²) in [6, 6.07) is 4.03. The number of aryl methyl sites for hydroxylation is 1. The Morgan fingerprint density at radius 1 is 1.22 bits per heavy atom. The van der Waals surface area contributed by atoms with Crippen molar-refractivity contribution in [1.29, 1.82) is 0 Å². The van der Waals surface area contributed by atoms with Crippen LogP contribution in [-0.4, -0.2) is 32.7 Å². The van der Waals surface area contributed by atoms with E-state index in [1.54, 1.807) is 25.1 Å². The molecule has 0 heterocycles. The van der Waals surface area contributed by atoms with Crippen LogP contribution in [0.4, 0.5) is 5.69 Å². The standard InChI is InChI=1S/C16H25ClN2O3S/c1-10(2)12(4)18-16(20)13(5)19(23(6,21)22)14-8-7-11(3)15(17)9-14/h7-10,12-13H,1-6H3,(H,18,20). The van der Waals surface area contributed by atoms with E-state index in [2.05, 4.69) is 5.32 Å². The first-order valence-electron chi connectivity index (χ1n) is 7.51. The Morgan fingerprint density at radius 2 is 1.78 bits per heavy atom.